The fourth-order valence-corrected chi connectivity index (χ4v) is 1.57. The minimum absolute atomic E-state index is 0.0466. The van der Waals surface area contributed by atoms with Crippen LogP contribution in [0.25, 0.3) is 0 Å². The van der Waals surface area contributed by atoms with Gasteiger partial charge in [0.15, 0.2) is 5.78 Å². The quantitative estimate of drug-likeness (QED) is 0.503. The van der Waals surface area contributed by atoms with E-state index in [2.05, 4.69) is 0 Å². The number of rotatable bonds is 5. The molecule has 0 fully saturated rings. The molecular weight excluding hydrogens is 244 g/mol. The van der Waals surface area contributed by atoms with Crippen LogP contribution in [0.5, 0.6) is 0 Å². The largest absolute Gasteiger partial charge is 0.461 e. The number of carbonyl (C=O) groups excluding carboxylic acids is 2. The third-order valence-corrected chi connectivity index (χ3v) is 2.58. The average molecular weight is 262 g/mol. The summed E-state index contributed by atoms with van der Waals surface area (Å²) in [5, 5.41) is 10.0. The van der Waals surface area contributed by atoms with Crippen LogP contribution < -0.4 is 0 Å². The molecule has 1 rings (SSSR count). The van der Waals surface area contributed by atoms with Gasteiger partial charge in [-0.25, -0.2) is 0 Å². The number of Topliss-reactive ketones (excluding diaryl/α,β-unsaturated/α-hetero) is 1. The number of esters is 1. The lowest BCUT2D eigenvalue weighted by Crippen LogP contribution is -2.03. The predicted octanol–water partition coefficient (Wildman–Crippen LogP) is 2.43. The van der Waals surface area contributed by atoms with E-state index in [0.717, 1.165) is 5.57 Å². The van der Waals surface area contributed by atoms with Crippen molar-refractivity contribution in [1.29, 1.82) is 0 Å². The van der Waals surface area contributed by atoms with E-state index in [9.17, 15) is 14.7 Å². The minimum Gasteiger partial charge on any atom is -0.461 e. The van der Waals surface area contributed by atoms with E-state index in [4.69, 9.17) is 4.74 Å². The zero-order chi connectivity index (χ0) is 14.4. The fourth-order valence-electron chi connectivity index (χ4n) is 1.57. The molecule has 0 spiro atoms. The number of ketones is 1. The predicted molar refractivity (Wildman–Crippen MR) is 71.8 cm³/mol. The van der Waals surface area contributed by atoms with Crippen LogP contribution in [0.4, 0.5) is 0 Å². The molecule has 1 atom stereocenters. The van der Waals surface area contributed by atoms with E-state index in [-0.39, 0.29) is 18.4 Å². The zero-order valence-electron chi connectivity index (χ0n) is 11.3. The van der Waals surface area contributed by atoms with Gasteiger partial charge in [0.05, 0.1) is 6.10 Å². The molecule has 0 heterocycles. The molecule has 0 amide bonds. The molecule has 0 bridgehead atoms. The molecule has 102 valence electrons. The average Bonchev–Trinajstić information content (AvgIpc) is 2.36. The molecule has 1 aromatic carbocycles. The smallest absolute Gasteiger partial charge is 0.302 e. The molecule has 4 heteroatoms. The van der Waals surface area contributed by atoms with Crippen molar-refractivity contribution in [2.24, 2.45) is 0 Å². The minimum atomic E-state index is -0.824. The Kier molecular flexibility index (Phi) is 5.45. The van der Waals surface area contributed by atoms with Crippen LogP contribution in [0, 0.1) is 0 Å². The SMILES string of the molecule is CC(=O)OCC(C)=C[C@H](O)c1cccc(C(C)=O)c1. The molecule has 0 radical (unpaired) electrons. The van der Waals surface area contributed by atoms with Crippen molar-refractivity contribution in [3.63, 3.8) is 0 Å². The van der Waals surface area contributed by atoms with Gasteiger partial charge in [-0.05, 0) is 37.1 Å². The first-order valence-corrected chi connectivity index (χ1v) is 5.99. The Morgan fingerprint density at radius 3 is 2.58 bits per heavy atom. The lowest BCUT2D eigenvalue weighted by molar-refractivity contribution is -0.139. The van der Waals surface area contributed by atoms with E-state index >= 15 is 0 Å². The molecule has 1 aromatic rings. The van der Waals surface area contributed by atoms with Crippen molar-refractivity contribution in [3.8, 4) is 0 Å². The third-order valence-electron chi connectivity index (χ3n) is 2.58. The van der Waals surface area contributed by atoms with Crippen molar-refractivity contribution in [1.82, 2.24) is 0 Å². The summed E-state index contributed by atoms with van der Waals surface area (Å²) < 4.78 is 4.83. The number of aliphatic hydroxyl groups is 1. The Morgan fingerprint density at radius 1 is 1.32 bits per heavy atom. The Hall–Kier alpha value is -1.94. The molecule has 19 heavy (non-hydrogen) atoms. The first-order valence-electron chi connectivity index (χ1n) is 5.99. The highest BCUT2D eigenvalue weighted by Gasteiger charge is 2.08. The van der Waals surface area contributed by atoms with Crippen LogP contribution in [0.3, 0.4) is 0 Å². The van der Waals surface area contributed by atoms with Crippen LogP contribution in [-0.2, 0) is 9.53 Å². The number of carbonyl (C=O) groups is 2. The molecule has 4 nitrogen and oxygen atoms in total. The molecule has 0 aromatic heterocycles. The van der Waals surface area contributed by atoms with Crippen molar-refractivity contribution >= 4 is 11.8 Å². The molecule has 1 N–H and O–H groups in total. The second-order valence-electron chi connectivity index (χ2n) is 4.42. The fraction of sp³-hybridized carbons (Fsp3) is 0.333. The van der Waals surface area contributed by atoms with Crippen molar-refractivity contribution in [2.45, 2.75) is 26.9 Å². The highest BCUT2D eigenvalue weighted by atomic mass is 16.5. The summed E-state index contributed by atoms with van der Waals surface area (Å²) in [5.41, 5.74) is 1.94. The molecule has 0 saturated heterocycles. The zero-order valence-corrected chi connectivity index (χ0v) is 11.3. The van der Waals surface area contributed by atoms with Gasteiger partial charge < -0.3 is 9.84 Å². The molecule has 0 aliphatic rings. The summed E-state index contributed by atoms with van der Waals surface area (Å²) >= 11 is 0. The van der Waals surface area contributed by atoms with Crippen LogP contribution in [0.15, 0.2) is 35.9 Å². The van der Waals surface area contributed by atoms with Gasteiger partial charge in [-0.2, -0.15) is 0 Å². The summed E-state index contributed by atoms with van der Waals surface area (Å²) in [5.74, 6) is -0.407. The summed E-state index contributed by atoms with van der Waals surface area (Å²) in [6.45, 7) is 4.73. The first-order chi connectivity index (χ1) is 8.90. The van der Waals surface area contributed by atoms with Gasteiger partial charge in [0, 0.05) is 12.5 Å². The molecule has 0 aliphatic carbocycles. The van der Waals surface area contributed by atoms with E-state index in [1.165, 1.54) is 13.8 Å². The van der Waals surface area contributed by atoms with Gasteiger partial charge in [0.1, 0.15) is 6.61 Å². The highest BCUT2D eigenvalue weighted by Crippen LogP contribution is 2.18. The Morgan fingerprint density at radius 2 is 2.00 bits per heavy atom. The number of aliphatic hydroxyl groups excluding tert-OH is 1. The van der Waals surface area contributed by atoms with Crippen LogP contribution in [-0.4, -0.2) is 23.5 Å². The monoisotopic (exact) mass is 262 g/mol. The normalized spacial score (nSPS) is 12.9. The van der Waals surface area contributed by atoms with Crippen molar-refractivity contribution in [3.05, 3.63) is 47.0 Å². The number of benzene rings is 1. The standard InChI is InChI=1S/C15H18O4/c1-10(9-19-12(3)17)7-15(18)14-6-4-5-13(8-14)11(2)16/h4-8,15,18H,9H2,1-3H3/t15-/m0/s1. The van der Waals surface area contributed by atoms with Gasteiger partial charge in [0.2, 0.25) is 0 Å². The Labute approximate surface area is 112 Å². The number of hydrogen-bond donors (Lipinski definition) is 1. The maximum Gasteiger partial charge on any atom is 0.302 e. The van der Waals surface area contributed by atoms with Crippen molar-refractivity contribution in [2.75, 3.05) is 6.61 Å². The van der Waals surface area contributed by atoms with Gasteiger partial charge in [-0.1, -0.05) is 18.2 Å². The second-order valence-corrected chi connectivity index (χ2v) is 4.42. The summed E-state index contributed by atoms with van der Waals surface area (Å²) in [7, 11) is 0. The van der Waals surface area contributed by atoms with Gasteiger partial charge in [-0.15, -0.1) is 0 Å². The summed E-state index contributed by atoms with van der Waals surface area (Å²) in [6, 6.07) is 6.83. The molecule has 0 aliphatic heterocycles. The lowest BCUT2D eigenvalue weighted by atomic mass is 10.0. The van der Waals surface area contributed by atoms with Crippen LogP contribution >= 0.6 is 0 Å². The van der Waals surface area contributed by atoms with E-state index < -0.39 is 6.10 Å². The highest BCUT2D eigenvalue weighted by molar-refractivity contribution is 5.94. The maximum atomic E-state index is 11.3. The van der Waals surface area contributed by atoms with Gasteiger partial charge >= 0.3 is 5.97 Å². The Bertz CT molecular complexity index is 503. The molecule has 0 saturated carbocycles. The Balaban J connectivity index is 2.79. The molecular formula is C15H18O4. The van der Waals surface area contributed by atoms with E-state index in [1.807, 2.05) is 0 Å². The molecule has 0 unspecified atom stereocenters. The number of ether oxygens (including phenoxy) is 1. The lowest BCUT2D eigenvalue weighted by Gasteiger charge is -2.09. The van der Waals surface area contributed by atoms with Crippen LogP contribution in [0.1, 0.15) is 42.8 Å². The summed E-state index contributed by atoms with van der Waals surface area (Å²) in [6.07, 6.45) is 0.775. The maximum absolute atomic E-state index is 11.3. The van der Waals surface area contributed by atoms with E-state index in [1.54, 1.807) is 37.3 Å². The van der Waals surface area contributed by atoms with E-state index in [0.29, 0.717) is 11.1 Å². The topological polar surface area (TPSA) is 63.6 Å². The second kappa shape index (κ2) is 6.85. The van der Waals surface area contributed by atoms with Gasteiger partial charge in [0.25, 0.3) is 0 Å². The van der Waals surface area contributed by atoms with Crippen LogP contribution in [0.2, 0.25) is 0 Å². The van der Waals surface area contributed by atoms with Crippen molar-refractivity contribution < 1.29 is 19.4 Å². The first kappa shape index (κ1) is 15.1. The van der Waals surface area contributed by atoms with Gasteiger partial charge in [-0.3, -0.25) is 9.59 Å². The number of hydrogen-bond acceptors (Lipinski definition) is 4. The summed E-state index contributed by atoms with van der Waals surface area (Å²) in [4.78, 5) is 21.9. The third kappa shape index (κ3) is 5.06.